The topological polar surface area (TPSA) is 225 Å². The van der Waals surface area contributed by atoms with Gasteiger partial charge in [0.25, 0.3) is 0 Å². The number of unbranched alkanes of at least 4 members (excludes halogenated alkanes) is 30. The first-order valence-electron chi connectivity index (χ1n) is 27.7. The van der Waals surface area contributed by atoms with Crippen molar-refractivity contribution in [1.29, 1.82) is 0 Å². The summed E-state index contributed by atoms with van der Waals surface area (Å²) in [6.07, 6.45) is 45.8. The summed E-state index contributed by atoms with van der Waals surface area (Å²) in [4.78, 5) is 43.9. The lowest BCUT2D eigenvalue weighted by molar-refractivity contribution is -0.148. The summed E-state index contributed by atoms with van der Waals surface area (Å²) in [6, 6.07) is 0. The molecule has 5 unspecified atom stereocenters. The fourth-order valence-corrected chi connectivity index (χ4v) is 9.19. The second-order valence-corrected chi connectivity index (χ2v) is 21.9. The number of hydrogen-bond acceptors (Lipinski definition) is 13. The van der Waals surface area contributed by atoms with Gasteiger partial charge in [-0.2, -0.15) is 0 Å². The van der Waals surface area contributed by atoms with Gasteiger partial charge in [0, 0.05) is 12.8 Å². The molecule has 414 valence electrons. The number of aliphatic hydroxyl groups excluding tert-OH is 3. The third kappa shape index (κ3) is 51.4. The van der Waals surface area contributed by atoms with Crippen molar-refractivity contribution in [2.24, 2.45) is 0 Å². The van der Waals surface area contributed by atoms with E-state index >= 15 is 0 Å². The second kappa shape index (κ2) is 49.7. The van der Waals surface area contributed by atoms with Gasteiger partial charge < -0.3 is 34.6 Å². The maximum atomic E-state index is 12.2. The highest BCUT2D eigenvalue weighted by atomic mass is 31.2. The lowest BCUT2D eigenvalue weighted by Gasteiger charge is -2.19. The summed E-state index contributed by atoms with van der Waals surface area (Å²) in [5.74, 6) is -0.987. The molecule has 0 saturated carbocycles. The van der Waals surface area contributed by atoms with Crippen molar-refractivity contribution in [3.63, 3.8) is 0 Å². The van der Waals surface area contributed by atoms with Crippen molar-refractivity contribution in [1.82, 2.24) is 0 Å². The van der Waals surface area contributed by atoms with E-state index in [1.807, 2.05) is 0 Å². The summed E-state index contributed by atoms with van der Waals surface area (Å²) in [7, 11) is -9.57. The number of rotatable bonds is 54. The maximum Gasteiger partial charge on any atom is 0.472 e. The van der Waals surface area contributed by atoms with E-state index in [1.54, 1.807) is 0 Å². The lowest BCUT2D eigenvalue weighted by atomic mass is 10.0. The Morgan fingerprint density at radius 2 is 0.614 bits per heavy atom. The predicted molar refractivity (Wildman–Crippen MR) is 279 cm³/mol. The molecule has 0 fully saturated rings. The molecule has 0 bridgehead atoms. The van der Waals surface area contributed by atoms with Gasteiger partial charge in [-0.15, -0.1) is 0 Å². The average Bonchev–Trinajstić information content (AvgIpc) is 3.34. The van der Waals surface area contributed by atoms with E-state index in [2.05, 4.69) is 47.2 Å². The van der Waals surface area contributed by atoms with Crippen molar-refractivity contribution in [3.8, 4) is 0 Å². The Kier molecular flexibility index (Phi) is 48.7. The van der Waals surface area contributed by atoms with Crippen molar-refractivity contribution in [2.75, 3.05) is 39.6 Å². The standard InChI is InChI=1S/C53H102O15P2/c1-3-5-7-9-11-13-15-17-19-21-22-23-24-26-28-30-32-34-36-38-40-42-53(58)64-44-50(55)46-66-70(61,62)68-48-51(56)47-67-69(59,60)65-45-49(54)43-63-52(57)41-39-37-35-33-31-29-27-25-20-18-16-14-12-10-8-6-4-2/h11,13,17,19,49-51,54-56H,3-10,12,14-16,18,20-48H2,1-2H3,(H,59,60)(H,61,62)/b13-11-,19-17-. The van der Waals surface area contributed by atoms with Gasteiger partial charge in [0.2, 0.25) is 0 Å². The van der Waals surface area contributed by atoms with Crippen LogP contribution in [-0.2, 0) is 46.3 Å². The summed E-state index contributed by atoms with van der Waals surface area (Å²) < 4.78 is 53.2. The van der Waals surface area contributed by atoms with Crippen molar-refractivity contribution in [2.45, 2.75) is 263 Å². The monoisotopic (exact) mass is 1040 g/mol. The van der Waals surface area contributed by atoms with Crippen LogP contribution in [0.1, 0.15) is 245 Å². The minimum atomic E-state index is -4.79. The molecule has 17 heteroatoms. The molecule has 70 heavy (non-hydrogen) atoms. The van der Waals surface area contributed by atoms with Gasteiger partial charge in [-0.25, -0.2) is 9.13 Å². The van der Waals surface area contributed by atoms with Crippen molar-refractivity contribution < 1.29 is 71.4 Å². The number of aliphatic hydroxyl groups is 3. The molecule has 0 aliphatic heterocycles. The van der Waals surface area contributed by atoms with Crippen LogP contribution < -0.4 is 0 Å². The molecular weight excluding hydrogens is 939 g/mol. The van der Waals surface area contributed by atoms with Gasteiger partial charge >= 0.3 is 27.6 Å². The van der Waals surface area contributed by atoms with Crippen LogP contribution in [0, 0.1) is 0 Å². The van der Waals surface area contributed by atoms with Gasteiger partial charge in [0.05, 0.1) is 26.4 Å². The molecule has 0 aromatic carbocycles. The van der Waals surface area contributed by atoms with Gasteiger partial charge in [-0.05, 0) is 44.9 Å². The van der Waals surface area contributed by atoms with Gasteiger partial charge in [0.1, 0.15) is 31.5 Å². The average molecular weight is 1040 g/mol. The first-order valence-corrected chi connectivity index (χ1v) is 30.7. The largest absolute Gasteiger partial charge is 0.472 e. The smallest absolute Gasteiger partial charge is 0.463 e. The van der Waals surface area contributed by atoms with Crippen LogP contribution in [0.2, 0.25) is 0 Å². The number of carbonyl (C=O) groups excluding carboxylic acids is 2. The highest BCUT2D eigenvalue weighted by Crippen LogP contribution is 2.45. The van der Waals surface area contributed by atoms with Crippen LogP contribution in [0.25, 0.3) is 0 Å². The van der Waals surface area contributed by atoms with Gasteiger partial charge in [-0.1, -0.05) is 212 Å². The van der Waals surface area contributed by atoms with Crippen LogP contribution in [0.4, 0.5) is 0 Å². The first-order chi connectivity index (χ1) is 33.8. The number of phosphoric ester groups is 2. The predicted octanol–water partition coefficient (Wildman–Crippen LogP) is 13.6. The Balaban J connectivity index is 3.80. The molecule has 0 saturated heterocycles. The van der Waals surface area contributed by atoms with E-state index in [9.17, 15) is 43.8 Å². The van der Waals surface area contributed by atoms with E-state index in [-0.39, 0.29) is 12.8 Å². The third-order valence-corrected chi connectivity index (χ3v) is 13.8. The fourth-order valence-electron chi connectivity index (χ4n) is 7.60. The normalized spacial score (nSPS) is 15.0. The molecule has 0 heterocycles. The van der Waals surface area contributed by atoms with E-state index in [0.717, 1.165) is 51.4 Å². The third-order valence-electron chi connectivity index (χ3n) is 11.9. The Morgan fingerprint density at radius 3 is 0.929 bits per heavy atom. The molecular formula is C53H102O15P2. The summed E-state index contributed by atoms with van der Waals surface area (Å²) in [5.41, 5.74) is 0. The van der Waals surface area contributed by atoms with Crippen LogP contribution in [0.5, 0.6) is 0 Å². The molecule has 0 amide bonds. The lowest BCUT2D eigenvalue weighted by Crippen LogP contribution is -2.25. The molecule has 0 aromatic heterocycles. The molecule has 5 atom stereocenters. The fraction of sp³-hybridized carbons (Fsp3) is 0.887. The molecule has 0 rings (SSSR count). The molecule has 5 N–H and O–H groups in total. The van der Waals surface area contributed by atoms with Crippen molar-refractivity contribution in [3.05, 3.63) is 24.3 Å². The van der Waals surface area contributed by atoms with Crippen LogP contribution in [-0.4, -0.2) is 95.0 Å². The van der Waals surface area contributed by atoms with E-state index in [1.165, 1.54) is 154 Å². The summed E-state index contributed by atoms with van der Waals surface area (Å²) >= 11 is 0. The number of ether oxygens (including phenoxy) is 2. The summed E-state index contributed by atoms with van der Waals surface area (Å²) in [6.45, 7) is 0.455. The first kappa shape index (κ1) is 68.5. The zero-order valence-electron chi connectivity index (χ0n) is 44.0. The van der Waals surface area contributed by atoms with Gasteiger partial charge in [0.15, 0.2) is 0 Å². The Hall–Kier alpha value is -1.48. The van der Waals surface area contributed by atoms with Crippen molar-refractivity contribution >= 4 is 27.6 Å². The number of carbonyl (C=O) groups is 2. The number of phosphoric acid groups is 2. The van der Waals surface area contributed by atoms with E-state index in [4.69, 9.17) is 18.5 Å². The Bertz CT molecular complexity index is 1350. The molecule has 0 spiro atoms. The van der Waals surface area contributed by atoms with E-state index in [0.29, 0.717) is 12.8 Å². The minimum Gasteiger partial charge on any atom is -0.463 e. The zero-order valence-corrected chi connectivity index (χ0v) is 45.7. The number of esters is 2. The minimum absolute atomic E-state index is 0.196. The second-order valence-electron chi connectivity index (χ2n) is 19.0. The van der Waals surface area contributed by atoms with Gasteiger partial charge in [-0.3, -0.25) is 27.7 Å². The van der Waals surface area contributed by atoms with Crippen LogP contribution >= 0.6 is 15.6 Å². The molecule has 0 aliphatic carbocycles. The van der Waals surface area contributed by atoms with Crippen LogP contribution in [0.3, 0.4) is 0 Å². The molecule has 0 aliphatic rings. The highest BCUT2D eigenvalue weighted by Gasteiger charge is 2.28. The summed E-state index contributed by atoms with van der Waals surface area (Å²) in [5, 5.41) is 30.1. The molecule has 15 nitrogen and oxygen atoms in total. The van der Waals surface area contributed by atoms with Crippen LogP contribution in [0.15, 0.2) is 24.3 Å². The van der Waals surface area contributed by atoms with E-state index < -0.39 is 85.5 Å². The highest BCUT2D eigenvalue weighted by molar-refractivity contribution is 7.47. The maximum absolute atomic E-state index is 12.2. The molecule has 0 radical (unpaired) electrons. The zero-order chi connectivity index (χ0) is 51.7. The Morgan fingerprint density at radius 1 is 0.371 bits per heavy atom. The number of hydrogen-bond donors (Lipinski definition) is 5. The quantitative estimate of drug-likeness (QED) is 0.0165. The number of allylic oxidation sites excluding steroid dienone is 4. The SMILES string of the molecule is CCCCC/C=C\C/C=C\CCCCCCCCCCCCCC(=O)OCC(O)COP(=O)(O)OCC(O)COP(=O)(O)OCC(O)COC(=O)CCCCCCCCCCCCCCCCCCC. The Labute approximate surface area is 424 Å². The molecule has 0 aromatic rings.